The van der Waals surface area contributed by atoms with Crippen molar-refractivity contribution in [1.82, 2.24) is 15.0 Å². The summed E-state index contributed by atoms with van der Waals surface area (Å²) < 4.78 is 5.58. The summed E-state index contributed by atoms with van der Waals surface area (Å²) in [5.74, 6) is 0.343. The standard InChI is InChI=1S/C19H15N5O2/c1-20-13-8-5-9-14-16(13)17(24-19-22-10-21-11-23-19)15(18(25)26-14)12-6-3-2-4-7-12/h2-11,20H,1H3,(H,21,22,23,24). The molecule has 26 heavy (non-hydrogen) atoms. The van der Waals surface area contributed by atoms with E-state index in [1.807, 2.05) is 49.5 Å². The first-order chi connectivity index (χ1) is 12.8. The summed E-state index contributed by atoms with van der Waals surface area (Å²) in [5, 5.41) is 7.05. The van der Waals surface area contributed by atoms with Crippen LogP contribution in [0.25, 0.3) is 22.1 Å². The molecule has 128 valence electrons. The minimum absolute atomic E-state index is 0.343. The number of nitrogens with zero attached hydrogens (tertiary/aromatic N) is 3. The van der Waals surface area contributed by atoms with Gasteiger partial charge < -0.3 is 15.1 Å². The average Bonchev–Trinajstić information content (AvgIpc) is 2.69. The predicted octanol–water partition coefficient (Wildman–Crippen LogP) is 3.43. The van der Waals surface area contributed by atoms with Crippen LogP contribution in [0.4, 0.5) is 17.3 Å². The van der Waals surface area contributed by atoms with Crippen LogP contribution in [0.15, 0.2) is 70.4 Å². The number of benzene rings is 2. The number of rotatable bonds is 4. The minimum Gasteiger partial charge on any atom is -0.422 e. The molecule has 0 amide bonds. The van der Waals surface area contributed by atoms with Gasteiger partial charge in [0.2, 0.25) is 5.95 Å². The largest absolute Gasteiger partial charge is 0.422 e. The maximum atomic E-state index is 12.8. The smallest absolute Gasteiger partial charge is 0.346 e. The molecule has 2 aromatic carbocycles. The van der Waals surface area contributed by atoms with E-state index in [9.17, 15) is 4.79 Å². The Kier molecular flexibility index (Phi) is 4.03. The first kappa shape index (κ1) is 15.8. The fourth-order valence-corrected chi connectivity index (χ4v) is 2.87. The summed E-state index contributed by atoms with van der Waals surface area (Å²) in [4.78, 5) is 24.8. The molecule has 0 bridgehead atoms. The molecule has 0 aliphatic heterocycles. The lowest BCUT2D eigenvalue weighted by Crippen LogP contribution is -2.10. The van der Waals surface area contributed by atoms with Crippen LogP contribution >= 0.6 is 0 Å². The van der Waals surface area contributed by atoms with Gasteiger partial charge in [0.15, 0.2) is 0 Å². The SMILES string of the molecule is CNc1cccc2oc(=O)c(-c3ccccc3)c(Nc3ncncn3)c12. The number of nitrogens with one attached hydrogen (secondary N) is 2. The van der Waals surface area contributed by atoms with E-state index in [4.69, 9.17) is 4.42 Å². The highest BCUT2D eigenvalue weighted by Gasteiger charge is 2.19. The van der Waals surface area contributed by atoms with Gasteiger partial charge in [-0.2, -0.15) is 0 Å². The number of anilines is 3. The highest BCUT2D eigenvalue weighted by atomic mass is 16.4. The maximum Gasteiger partial charge on any atom is 0.346 e. The molecular weight excluding hydrogens is 330 g/mol. The lowest BCUT2D eigenvalue weighted by atomic mass is 10.0. The van der Waals surface area contributed by atoms with Gasteiger partial charge in [-0.15, -0.1) is 0 Å². The van der Waals surface area contributed by atoms with Crippen LogP contribution in [-0.2, 0) is 0 Å². The number of hydrogen-bond donors (Lipinski definition) is 2. The van der Waals surface area contributed by atoms with Crippen LogP contribution in [0, 0.1) is 0 Å². The summed E-state index contributed by atoms with van der Waals surface area (Å²) in [5.41, 5.74) is 2.59. The quantitative estimate of drug-likeness (QED) is 0.547. The van der Waals surface area contributed by atoms with Crippen LogP contribution < -0.4 is 16.3 Å². The number of fused-ring (bicyclic) bond motifs is 1. The second-order valence-corrected chi connectivity index (χ2v) is 5.52. The summed E-state index contributed by atoms with van der Waals surface area (Å²) >= 11 is 0. The molecule has 0 atom stereocenters. The van der Waals surface area contributed by atoms with Crippen molar-refractivity contribution in [2.24, 2.45) is 0 Å². The topological polar surface area (TPSA) is 92.9 Å². The first-order valence-electron chi connectivity index (χ1n) is 8.00. The number of aromatic nitrogens is 3. The van der Waals surface area contributed by atoms with Gasteiger partial charge in [-0.05, 0) is 17.7 Å². The number of hydrogen-bond acceptors (Lipinski definition) is 7. The fourth-order valence-electron chi connectivity index (χ4n) is 2.87. The molecule has 2 heterocycles. The Bertz CT molecular complexity index is 1110. The lowest BCUT2D eigenvalue weighted by Gasteiger charge is -2.15. The van der Waals surface area contributed by atoms with Crippen molar-refractivity contribution in [3.05, 3.63) is 71.6 Å². The summed E-state index contributed by atoms with van der Waals surface area (Å²) in [6.45, 7) is 0. The van der Waals surface area contributed by atoms with Crippen LogP contribution in [0.2, 0.25) is 0 Å². The Labute approximate surface area is 148 Å². The molecular formula is C19H15N5O2. The van der Waals surface area contributed by atoms with Crippen molar-refractivity contribution in [3.8, 4) is 11.1 Å². The fraction of sp³-hybridized carbons (Fsp3) is 0.0526. The molecule has 0 aliphatic carbocycles. The Morgan fingerprint density at radius 1 is 0.962 bits per heavy atom. The molecule has 0 unspecified atom stereocenters. The normalized spacial score (nSPS) is 10.7. The predicted molar refractivity (Wildman–Crippen MR) is 101 cm³/mol. The zero-order valence-corrected chi connectivity index (χ0v) is 13.9. The molecule has 2 N–H and O–H groups in total. The van der Waals surface area contributed by atoms with E-state index in [1.54, 1.807) is 6.07 Å². The van der Waals surface area contributed by atoms with Crippen molar-refractivity contribution in [3.63, 3.8) is 0 Å². The average molecular weight is 345 g/mol. The molecule has 0 saturated heterocycles. The molecule has 0 radical (unpaired) electrons. The van der Waals surface area contributed by atoms with E-state index >= 15 is 0 Å². The van der Waals surface area contributed by atoms with Crippen LogP contribution in [0.3, 0.4) is 0 Å². The van der Waals surface area contributed by atoms with Gasteiger partial charge in [0, 0.05) is 12.7 Å². The second kappa shape index (κ2) is 6.64. The molecule has 7 heteroatoms. The summed E-state index contributed by atoms with van der Waals surface area (Å²) in [6, 6.07) is 14.8. The van der Waals surface area contributed by atoms with Gasteiger partial charge in [0.25, 0.3) is 0 Å². The first-order valence-corrected chi connectivity index (χ1v) is 8.00. The van der Waals surface area contributed by atoms with E-state index in [0.29, 0.717) is 22.8 Å². The Morgan fingerprint density at radius 2 is 1.73 bits per heavy atom. The van der Waals surface area contributed by atoms with E-state index in [2.05, 4.69) is 25.6 Å². The van der Waals surface area contributed by atoms with Crippen molar-refractivity contribution >= 4 is 28.3 Å². The third kappa shape index (κ3) is 2.75. The van der Waals surface area contributed by atoms with Gasteiger partial charge in [0.1, 0.15) is 18.2 Å². The second-order valence-electron chi connectivity index (χ2n) is 5.52. The Morgan fingerprint density at radius 3 is 2.46 bits per heavy atom. The van der Waals surface area contributed by atoms with E-state index in [1.165, 1.54) is 12.7 Å². The summed E-state index contributed by atoms with van der Waals surface area (Å²) in [7, 11) is 1.81. The lowest BCUT2D eigenvalue weighted by molar-refractivity contribution is 0.564. The molecule has 0 fully saturated rings. The molecule has 4 aromatic rings. The molecule has 0 aliphatic rings. The molecule has 0 spiro atoms. The van der Waals surface area contributed by atoms with Gasteiger partial charge in [-0.3, -0.25) is 0 Å². The minimum atomic E-state index is -0.437. The molecule has 7 nitrogen and oxygen atoms in total. The van der Waals surface area contributed by atoms with Crippen LogP contribution in [0.1, 0.15) is 0 Å². The van der Waals surface area contributed by atoms with Crippen molar-refractivity contribution < 1.29 is 4.42 Å². The summed E-state index contributed by atoms with van der Waals surface area (Å²) in [6.07, 6.45) is 2.79. The van der Waals surface area contributed by atoms with E-state index in [-0.39, 0.29) is 0 Å². The Balaban J connectivity index is 2.07. The third-order valence-electron chi connectivity index (χ3n) is 3.99. The van der Waals surface area contributed by atoms with Gasteiger partial charge in [-0.25, -0.2) is 19.7 Å². The van der Waals surface area contributed by atoms with Gasteiger partial charge >= 0.3 is 5.63 Å². The van der Waals surface area contributed by atoms with Crippen molar-refractivity contribution in [1.29, 1.82) is 0 Å². The van der Waals surface area contributed by atoms with Crippen LogP contribution in [-0.4, -0.2) is 22.0 Å². The van der Waals surface area contributed by atoms with E-state index in [0.717, 1.165) is 16.6 Å². The van der Waals surface area contributed by atoms with Crippen molar-refractivity contribution in [2.75, 3.05) is 17.7 Å². The zero-order valence-electron chi connectivity index (χ0n) is 13.9. The maximum absolute atomic E-state index is 12.8. The highest BCUT2D eigenvalue weighted by molar-refractivity contribution is 6.06. The van der Waals surface area contributed by atoms with Gasteiger partial charge in [-0.1, -0.05) is 36.4 Å². The third-order valence-corrected chi connectivity index (χ3v) is 3.99. The van der Waals surface area contributed by atoms with Crippen molar-refractivity contribution in [2.45, 2.75) is 0 Å². The zero-order chi connectivity index (χ0) is 17.9. The van der Waals surface area contributed by atoms with E-state index < -0.39 is 5.63 Å². The molecule has 2 aromatic heterocycles. The molecule has 0 saturated carbocycles. The van der Waals surface area contributed by atoms with Gasteiger partial charge in [0.05, 0.1) is 16.6 Å². The van der Waals surface area contributed by atoms with Crippen LogP contribution in [0.5, 0.6) is 0 Å². The Hall–Kier alpha value is -3.74. The monoisotopic (exact) mass is 345 g/mol. The highest BCUT2D eigenvalue weighted by Crippen LogP contribution is 2.37. The molecule has 4 rings (SSSR count).